The number of carbonyl (C=O) groups excluding carboxylic acids is 1. The molecule has 1 amide bonds. The molecule has 0 aliphatic rings. The van der Waals surface area contributed by atoms with Gasteiger partial charge < -0.3 is 15.5 Å². The molecule has 0 aliphatic carbocycles. The number of hydrogen-bond acceptors (Lipinski definition) is 3. The van der Waals surface area contributed by atoms with E-state index in [1.807, 2.05) is 0 Å². The molecule has 1 aromatic carbocycles. The third kappa shape index (κ3) is 4.52. The van der Waals surface area contributed by atoms with Gasteiger partial charge in [0.15, 0.2) is 0 Å². The maximum Gasteiger partial charge on any atom is 0.216 e. The summed E-state index contributed by atoms with van der Waals surface area (Å²) in [6, 6.07) is 1.71. The van der Waals surface area contributed by atoms with Crippen LogP contribution in [0, 0.1) is 11.6 Å². The van der Waals surface area contributed by atoms with Gasteiger partial charge in [0.2, 0.25) is 5.91 Å². The van der Waals surface area contributed by atoms with Crippen molar-refractivity contribution in [1.82, 2.24) is 5.32 Å². The van der Waals surface area contributed by atoms with Crippen molar-refractivity contribution < 1.29 is 23.8 Å². The molecule has 2 atom stereocenters. The summed E-state index contributed by atoms with van der Waals surface area (Å²) < 4.78 is 26.8. The van der Waals surface area contributed by atoms with Gasteiger partial charge in [-0.2, -0.15) is 0 Å². The molecular formula is C12H14BrF2NO3. The number of amides is 1. The van der Waals surface area contributed by atoms with Crippen LogP contribution in [0.15, 0.2) is 16.6 Å². The van der Waals surface area contributed by atoms with Crippen LogP contribution in [0.1, 0.15) is 25.0 Å². The number of benzene rings is 1. The third-order valence-corrected chi connectivity index (χ3v) is 3.14. The van der Waals surface area contributed by atoms with Crippen LogP contribution in [0.3, 0.4) is 0 Å². The fourth-order valence-electron chi connectivity index (χ4n) is 1.53. The summed E-state index contributed by atoms with van der Waals surface area (Å²) in [5, 5.41) is 21.9. The van der Waals surface area contributed by atoms with Crippen LogP contribution in [0.25, 0.3) is 0 Å². The number of halogens is 3. The molecule has 1 rings (SSSR count). The highest BCUT2D eigenvalue weighted by Crippen LogP contribution is 2.26. The summed E-state index contributed by atoms with van der Waals surface area (Å²) in [4.78, 5) is 10.6. The predicted molar refractivity (Wildman–Crippen MR) is 68.3 cm³/mol. The molecule has 1 aromatic rings. The van der Waals surface area contributed by atoms with Crippen molar-refractivity contribution in [2.75, 3.05) is 6.54 Å². The highest BCUT2D eigenvalue weighted by Gasteiger charge is 2.23. The number of hydrogen-bond donors (Lipinski definition) is 3. The van der Waals surface area contributed by atoms with Crippen LogP contribution in [-0.2, 0) is 4.79 Å². The SMILES string of the molecule is CC(=O)NCCC(O)C(O)c1cc(F)c(Br)cc1F. The van der Waals surface area contributed by atoms with E-state index in [0.29, 0.717) is 0 Å². The van der Waals surface area contributed by atoms with E-state index >= 15 is 0 Å². The molecule has 7 heteroatoms. The molecule has 19 heavy (non-hydrogen) atoms. The Hall–Kier alpha value is -1.05. The monoisotopic (exact) mass is 337 g/mol. The molecule has 0 aromatic heterocycles. The highest BCUT2D eigenvalue weighted by molar-refractivity contribution is 9.10. The first-order valence-corrected chi connectivity index (χ1v) is 6.37. The molecule has 0 saturated carbocycles. The average molecular weight is 338 g/mol. The standard InChI is InChI=1S/C12H14BrF2NO3/c1-6(17)16-3-2-11(18)12(19)7-4-10(15)8(13)5-9(7)14/h4-5,11-12,18-19H,2-3H2,1H3,(H,16,17). The molecule has 0 heterocycles. The molecule has 0 aliphatic heterocycles. The van der Waals surface area contributed by atoms with E-state index in [4.69, 9.17) is 0 Å². The van der Waals surface area contributed by atoms with E-state index in [0.717, 1.165) is 12.1 Å². The van der Waals surface area contributed by atoms with Gasteiger partial charge in [0.05, 0.1) is 10.6 Å². The lowest BCUT2D eigenvalue weighted by atomic mass is 10.0. The van der Waals surface area contributed by atoms with Gasteiger partial charge in [-0.15, -0.1) is 0 Å². The van der Waals surface area contributed by atoms with Gasteiger partial charge in [0, 0.05) is 19.0 Å². The third-order valence-electron chi connectivity index (χ3n) is 2.54. The van der Waals surface area contributed by atoms with Crippen molar-refractivity contribution in [3.8, 4) is 0 Å². The van der Waals surface area contributed by atoms with Crippen LogP contribution in [0.5, 0.6) is 0 Å². The maximum absolute atomic E-state index is 13.6. The lowest BCUT2D eigenvalue weighted by Gasteiger charge is -2.19. The molecule has 0 saturated heterocycles. The summed E-state index contributed by atoms with van der Waals surface area (Å²) in [6.45, 7) is 1.45. The van der Waals surface area contributed by atoms with Crippen LogP contribution < -0.4 is 5.32 Å². The van der Waals surface area contributed by atoms with Crippen molar-refractivity contribution in [1.29, 1.82) is 0 Å². The van der Waals surface area contributed by atoms with Gasteiger partial charge in [-0.05, 0) is 34.5 Å². The van der Waals surface area contributed by atoms with Gasteiger partial charge in [-0.25, -0.2) is 8.78 Å². The van der Waals surface area contributed by atoms with E-state index < -0.39 is 23.8 Å². The smallest absolute Gasteiger partial charge is 0.216 e. The molecule has 4 nitrogen and oxygen atoms in total. The molecule has 2 unspecified atom stereocenters. The van der Waals surface area contributed by atoms with E-state index in [1.165, 1.54) is 6.92 Å². The Balaban J connectivity index is 2.73. The minimum atomic E-state index is -1.56. The van der Waals surface area contributed by atoms with Crippen LogP contribution in [-0.4, -0.2) is 28.8 Å². The number of rotatable bonds is 5. The largest absolute Gasteiger partial charge is 0.390 e. The van der Waals surface area contributed by atoms with Crippen LogP contribution >= 0.6 is 15.9 Å². The molecule has 3 N–H and O–H groups in total. The van der Waals surface area contributed by atoms with Gasteiger partial charge >= 0.3 is 0 Å². The number of carbonyl (C=O) groups is 1. The highest BCUT2D eigenvalue weighted by atomic mass is 79.9. The quantitative estimate of drug-likeness (QED) is 0.715. The number of aliphatic hydroxyl groups excluding tert-OH is 2. The van der Waals surface area contributed by atoms with E-state index in [2.05, 4.69) is 21.2 Å². The number of nitrogens with one attached hydrogen (secondary N) is 1. The zero-order valence-electron chi connectivity index (χ0n) is 10.2. The first-order chi connectivity index (χ1) is 8.82. The lowest BCUT2D eigenvalue weighted by Crippen LogP contribution is -2.28. The molecular weight excluding hydrogens is 324 g/mol. The Bertz CT molecular complexity index is 471. The van der Waals surface area contributed by atoms with Gasteiger partial charge in [0.25, 0.3) is 0 Å². The Labute approximate surface area is 117 Å². The fraction of sp³-hybridized carbons (Fsp3) is 0.417. The van der Waals surface area contributed by atoms with Crippen molar-refractivity contribution in [2.45, 2.75) is 25.6 Å². The maximum atomic E-state index is 13.6. The van der Waals surface area contributed by atoms with Gasteiger partial charge in [-0.3, -0.25) is 4.79 Å². The Morgan fingerprint density at radius 3 is 2.58 bits per heavy atom. The van der Waals surface area contributed by atoms with Crippen molar-refractivity contribution in [3.05, 3.63) is 33.8 Å². The summed E-state index contributed by atoms with van der Waals surface area (Å²) in [5.41, 5.74) is -0.323. The Morgan fingerprint density at radius 1 is 1.37 bits per heavy atom. The van der Waals surface area contributed by atoms with E-state index in [-0.39, 0.29) is 28.9 Å². The second kappa shape index (κ2) is 6.93. The normalized spacial score (nSPS) is 14.0. The van der Waals surface area contributed by atoms with Crippen molar-refractivity contribution in [2.24, 2.45) is 0 Å². The van der Waals surface area contributed by atoms with Crippen LogP contribution in [0.4, 0.5) is 8.78 Å². The molecule has 0 radical (unpaired) electrons. The summed E-state index contributed by atoms with van der Waals surface area (Å²) in [6.07, 6.45) is -2.84. The number of aliphatic hydroxyl groups is 2. The first kappa shape index (κ1) is 16.0. The van der Waals surface area contributed by atoms with Gasteiger partial charge in [-0.1, -0.05) is 0 Å². The van der Waals surface area contributed by atoms with Gasteiger partial charge in [0.1, 0.15) is 17.7 Å². The first-order valence-electron chi connectivity index (χ1n) is 5.58. The molecule has 0 fully saturated rings. The minimum Gasteiger partial charge on any atom is -0.390 e. The average Bonchev–Trinajstić information content (AvgIpc) is 2.32. The van der Waals surface area contributed by atoms with E-state index in [9.17, 15) is 23.8 Å². The van der Waals surface area contributed by atoms with E-state index in [1.54, 1.807) is 0 Å². The Morgan fingerprint density at radius 2 is 2.00 bits per heavy atom. The molecule has 0 spiro atoms. The Kier molecular flexibility index (Phi) is 5.84. The summed E-state index contributed by atoms with van der Waals surface area (Å²) in [5.74, 6) is -1.83. The zero-order chi connectivity index (χ0) is 14.6. The second-order valence-electron chi connectivity index (χ2n) is 4.07. The predicted octanol–water partition coefficient (Wildman–Crippen LogP) is 1.65. The summed E-state index contributed by atoms with van der Waals surface area (Å²) in [7, 11) is 0. The summed E-state index contributed by atoms with van der Waals surface area (Å²) >= 11 is 2.82. The van der Waals surface area contributed by atoms with Crippen molar-refractivity contribution in [3.63, 3.8) is 0 Å². The molecule has 106 valence electrons. The fourth-order valence-corrected chi connectivity index (χ4v) is 1.84. The van der Waals surface area contributed by atoms with Crippen molar-refractivity contribution >= 4 is 21.8 Å². The zero-order valence-corrected chi connectivity index (χ0v) is 11.7. The molecule has 0 bridgehead atoms. The van der Waals surface area contributed by atoms with Crippen LogP contribution in [0.2, 0.25) is 0 Å². The second-order valence-corrected chi connectivity index (χ2v) is 4.93. The minimum absolute atomic E-state index is 0.0257. The topological polar surface area (TPSA) is 69.6 Å². The lowest BCUT2D eigenvalue weighted by molar-refractivity contribution is -0.119.